The maximum Gasteiger partial charge on any atom is 0.233 e. The highest BCUT2D eigenvalue weighted by molar-refractivity contribution is 7.18. The third kappa shape index (κ3) is 3.96. The molecule has 1 aromatic carbocycles. The van der Waals surface area contributed by atoms with Crippen molar-refractivity contribution in [3.05, 3.63) is 41.9 Å². The predicted octanol–water partition coefficient (Wildman–Crippen LogP) is 5.77. The van der Waals surface area contributed by atoms with Gasteiger partial charge in [0, 0.05) is 13.1 Å². The molecule has 0 spiro atoms. The van der Waals surface area contributed by atoms with Crippen LogP contribution in [0.1, 0.15) is 62.3 Å². The zero-order chi connectivity index (χ0) is 18.6. The molecular weight excluding hydrogens is 352 g/mol. The smallest absolute Gasteiger partial charge is 0.233 e. The number of amides is 1. The third-order valence-corrected chi connectivity index (χ3v) is 7.48. The summed E-state index contributed by atoms with van der Waals surface area (Å²) in [5.74, 6) is 0.868. The Morgan fingerprint density at radius 2 is 1.81 bits per heavy atom. The molecule has 1 aliphatic heterocycles. The summed E-state index contributed by atoms with van der Waals surface area (Å²) in [7, 11) is 0. The lowest BCUT2D eigenvalue weighted by Crippen LogP contribution is -2.42. The number of thiazole rings is 1. The van der Waals surface area contributed by atoms with E-state index in [4.69, 9.17) is 4.98 Å². The van der Waals surface area contributed by atoms with E-state index in [2.05, 4.69) is 35.8 Å². The van der Waals surface area contributed by atoms with Gasteiger partial charge in [-0.05, 0) is 56.1 Å². The number of rotatable bonds is 5. The molecule has 1 amide bonds. The van der Waals surface area contributed by atoms with Gasteiger partial charge in [0.05, 0.1) is 16.1 Å². The summed E-state index contributed by atoms with van der Waals surface area (Å²) in [4.78, 5) is 20.7. The number of carbonyl (C=O) groups is 1. The highest BCUT2D eigenvalue weighted by Gasteiger charge is 2.38. The first-order chi connectivity index (χ1) is 13.3. The second-order valence-corrected chi connectivity index (χ2v) is 9.16. The van der Waals surface area contributed by atoms with Crippen LogP contribution in [0, 0.1) is 11.8 Å². The van der Waals surface area contributed by atoms with E-state index >= 15 is 0 Å². The fourth-order valence-corrected chi connectivity index (χ4v) is 6.01. The number of benzene rings is 1. The van der Waals surface area contributed by atoms with Gasteiger partial charge < -0.3 is 4.90 Å². The number of aromatic nitrogens is 1. The Bertz CT molecular complexity index is 754. The zero-order valence-corrected chi connectivity index (χ0v) is 16.9. The van der Waals surface area contributed by atoms with Gasteiger partial charge in [-0.25, -0.2) is 4.98 Å². The van der Waals surface area contributed by atoms with E-state index < -0.39 is 0 Å². The van der Waals surface area contributed by atoms with Gasteiger partial charge >= 0.3 is 0 Å². The Kier molecular flexibility index (Phi) is 5.92. The average molecular weight is 383 g/mol. The average Bonchev–Trinajstić information content (AvgIpc) is 3.16. The van der Waals surface area contributed by atoms with Crippen LogP contribution in [-0.4, -0.2) is 28.9 Å². The van der Waals surface area contributed by atoms with Crippen LogP contribution in [0.15, 0.2) is 36.9 Å². The number of hydrogen-bond acceptors (Lipinski definition) is 3. The lowest BCUT2D eigenvalue weighted by atomic mass is 9.73. The number of carbonyl (C=O) groups excluding carboxylic acids is 1. The zero-order valence-electron chi connectivity index (χ0n) is 16.1. The monoisotopic (exact) mass is 382 g/mol. The van der Waals surface area contributed by atoms with E-state index in [-0.39, 0.29) is 17.7 Å². The topological polar surface area (TPSA) is 33.2 Å². The maximum atomic E-state index is 13.7. The van der Waals surface area contributed by atoms with Crippen molar-refractivity contribution in [3.8, 4) is 0 Å². The summed E-state index contributed by atoms with van der Waals surface area (Å²) >= 11 is 1.70. The molecule has 2 aromatic rings. The van der Waals surface area contributed by atoms with Crippen molar-refractivity contribution in [3.63, 3.8) is 0 Å². The largest absolute Gasteiger partial charge is 0.342 e. The van der Waals surface area contributed by atoms with Gasteiger partial charge in [0.25, 0.3) is 0 Å². The lowest BCUT2D eigenvalue weighted by molar-refractivity contribution is -0.135. The molecule has 0 bridgehead atoms. The van der Waals surface area contributed by atoms with Gasteiger partial charge in [-0.15, -0.1) is 17.9 Å². The van der Waals surface area contributed by atoms with E-state index in [9.17, 15) is 4.79 Å². The quantitative estimate of drug-likeness (QED) is 0.615. The molecule has 1 aliphatic carbocycles. The molecular formula is C23H30N2OS. The van der Waals surface area contributed by atoms with E-state index in [1.165, 1.54) is 43.2 Å². The molecule has 0 unspecified atom stereocenters. The highest BCUT2D eigenvalue weighted by atomic mass is 32.1. The summed E-state index contributed by atoms with van der Waals surface area (Å²) in [5.41, 5.74) is 1.01. The third-order valence-electron chi connectivity index (χ3n) is 6.36. The van der Waals surface area contributed by atoms with Gasteiger partial charge in [0.15, 0.2) is 0 Å². The first-order valence-corrected chi connectivity index (χ1v) is 11.4. The van der Waals surface area contributed by atoms with Crippen molar-refractivity contribution < 1.29 is 4.79 Å². The van der Waals surface area contributed by atoms with Crippen LogP contribution >= 0.6 is 11.3 Å². The fraction of sp³-hybridized carbons (Fsp3) is 0.565. The highest BCUT2D eigenvalue weighted by Crippen LogP contribution is 2.42. The summed E-state index contributed by atoms with van der Waals surface area (Å²) in [6.45, 7) is 5.97. The lowest BCUT2D eigenvalue weighted by Gasteiger charge is -2.36. The van der Waals surface area contributed by atoms with Crippen LogP contribution in [0.25, 0.3) is 10.2 Å². The number of allylic oxidation sites excluding steroid dienone is 1. The van der Waals surface area contributed by atoms with E-state index in [1.807, 2.05) is 6.07 Å². The molecule has 1 saturated heterocycles. The molecule has 2 fully saturated rings. The van der Waals surface area contributed by atoms with Crippen LogP contribution < -0.4 is 0 Å². The van der Waals surface area contributed by atoms with Gasteiger partial charge in [0.1, 0.15) is 5.01 Å². The fourth-order valence-electron chi connectivity index (χ4n) is 4.89. The van der Waals surface area contributed by atoms with Crippen molar-refractivity contribution in [2.45, 2.75) is 57.3 Å². The molecule has 4 rings (SSSR count). The molecule has 2 aliphatic rings. The van der Waals surface area contributed by atoms with Crippen molar-refractivity contribution in [2.24, 2.45) is 11.8 Å². The van der Waals surface area contributed by atoms with Crippen LogP contribution in [0.2, 0.25) is 0 Å². The van der Waals surface area contributed by atoms with E-state index in [1.54, 1.807) is 11.3 Å². The number of fused-ring (bicyclic) bond motifs is 1. The number of piperidine rings is 1. The molecule has 2 heterocycles. The van der Waals surface area contributed by atoms with E-state index in [0.717, 1.165) is 36.5 Å². The van der Waals surface area contributed by atoms with Crippen molar-refractivity contribution in [1.82, 2.24) is 9.88 Å². The van der Waals surface area contributed by atoms with Gasteiger partial charge in [-0.1, -0.05) is 37.5 Å². The van der Waals surface area contributed by atoms with Crippen molar-refractivity contribution in [1.29, 1.82) is 0 Å². The minimum atomic E-state index is -0.166. The first-order valence-electron chi connectivity index (χ1n) is 10.5. The van der Waals surface area contributed by atoms with E-state index in [0.29, 0.717) is 5.92 Å². The molecule has 1 saturated carbocycles. The molecule has 27 heavy (non-hydrogen) atoms. The molecule has 4 heteroatoms. The SMILES string of the molecule is C=C[C@H](C1CCCCC1)[C@H](C(=O)N1CCCCC1)c1nc2ccccc2s1. The minimum Gasteiger partial charge on any atom is -0.342 e. The summed E-state index contributed by atoms with van der Waals surface area (Å²) in [6.07, 6.45) is 11.9. The Balaban J connectivity index is 1.70. The molecule has 1 aromatic heterocycles. The van der Waals surface area contributed by atoms with Crippen molar-refractivity contribution in [2.75, 3.05) is 13.1 Å². The van der Waals surface area contributed by atoms with Gasteiger partial charge in [0.2, 0.25) is 5.91 Å². The van der Waals surface area contributed by atoms with Crippen molar-refractivity contribution >= 4 is 27.5 Å². The number of likely N-dealkylation sites (tertiary alicyclic amines) is 1. The van der Waals surface area contributed by atoms with Gasteiger partial charge in [-0.3, -0.25) is 4.79 Å². The number of nitrogens with zero attached hydrogens (tertiary/aromatic N) is 2. The standard InChI is InChI=1S/C23H30N2OS/c1-2-18(17-11-5-3-6-12-17)21(23(26)25-15-9-4-10-16-25)22-24-19-13-7-8-14-20(19)27-22/h2,7-8,13-14,17-18,21H,1,3-6,9-12,15-16H2/t18-,21+/m1/s1. The summed E-state index contributed by atoms with van der Waals surface area (Å²) in [6, 6.07) is 8.25. The maximum absolute atomic E-state index is 13.7. The van der Waals surface area contributed by atoms with Crippen LogP contribution in [-0.2, 0) is 4.79 Å². The normalized spacial score (nSPS) is 21.1. The Labute approximate surface area is 166 Å². The predicted molar refractivity (Wildman–Crippen MR) is 113 cm³/mol. The summed E-state index contributed by atoms with van der Waals surface area (Å²) in [5, 5.41) is 0.988. The Morgan fingerprint density at radius 3 is 2.52 bits per heavy atom. The second-order valence-electron chi connectivity index (χ2n) is 8.09. The molecule has 144 valence electrons. The first kappa shape index (κ1) is 18.7. The molecule has 3 nitrogen and oxygen atoms in total. The number of hydrogen-bond donors (Lipinski definition) is 0. The van der Waals surface area contributed by atoms with Crippen LogP contribution in [0.4, 0.5) is 0 Å². The number of para-hydroxylation sites is 1. The summed E-state index contributed by atoms with van der Waals surface area (Å²) < 4.78 is 1.18. The van der Waals surface area contributed by atoms with Crippen LogP contribution in [0.3, 0.4) is 0 Å². The minimum absolute atomic E-state index is 0.166. The Morgan fingerprint density at radius 1 is 1.11 bits per heavy atom. The molecule has 0 radical (unpaired) electrons. The molecule has 0 N–H and O–H groups in total. The van der Waals surface area contributed by atoms with Crippen LogP contribution in [0.5, 0.6) is 0 Å². The molecule has 2 atom stereocenters. The Hall–Kier alpha value is -1.68. The second kappa shape index (κ2) is 8.55. The van der Waals surface area contributed by atoms with Gasteiger partial charge in [-0.2, -0.15) is 0 Å².